The molecule has 0 radical (unpaired) electrons. The molecule has 23 aromatic rings. The van der Waals surface area contributed by atoms with Crippen LogP contribution in [-0.4, -0.2) is 0 Å². The molecule has 0 aromatic heterocycles. The molecular formula is C122H82. The van der Waals surface area contributed by atoms with Gasteiger partial charge in [-0.1, -0.05) is 437 Å². The van der Waals surface area contributed by atoms with Crippen molar-refractivity contribution in [1.82, 2.24) is 0 Å². The van der Waals surface area contributed by atoms with Crippen LogP contribution in [0.4, 0.5) is 0 Å². The average molecular weight is 1550 g/mol. The third-order valence-corrected chi connectivity index (χ3v) is 24.3. The van der Waals surface area contributed by atoms with E-state index in [1.54, 1.807) is 0 Å². The van der Waals surface area contributed by atoms with Crippen LogP contribution in [0.1, 0.15) is 0 Å². The molecule has 0 atom stereocenters. The maximum absolute atomic E-state index is 2.41. The zero-order chi connectivity index (χ0) is 81.1. The van der Waals surface area contributed by atoms with Crippen molar-refractivity contribution in [2.24, 2.45) is 0 Å². The molecule has 0 fully saturated rings. The standard InChI is InChI=1S/C46H30.2C38H26/c1-3-11-31(12-4-1)37-23-25-41-43(29-37)45(39-21-19-33-15-7-9-17-35(33)27-39)42-26-24-38(32-13-5-2-6-14-32)30-44(42)46(41)40-22-20-34-16-8-10-18-36(34)28-40;1-5-15-27(16-6-1)31-23-13-25-33-36(30-21-11-4-12-22-30)38-32(28-17-7-2-8-18-28)24-14-26-34(38)35(37(31)33)29-19-9-3-10-20-29;1-5-13-27(14-6-1)35-23-31-21-33-25-37(29-17-9-3-10-18-29)38(30-19-11-4-12-20-30)26-34(33)22-32(31)24-36(35)28-15-7-2-8-16-28/h1-30H;2*1-26H. The smallest absolute Gasteiger partial charge is 0.00141 e. The lowest BCUT2D eigenvalue weighted by atomic mass is 9.81. The summed E-state index contributed by atoms with van der Waals surface area (Å²) in [5.41, 5.74) is 29.9. The van der Waals surface area contributed by atoms with E-state index in [-0.39, 0.29) is 0 Å². The molecule has 0 heterocycles. The summed E-state index contributed by atoms with van der Waals surface area (Å²) in [6.07, 6.45) is 0. The predicted octanol–water partition coefficient (Wildman–Crippen LogP) is 34.3. The summed E-state index contributed by atoms with van der Waals surface area (Å²) in [6, 6.07) is 181. The highest BCUT2D eigenvalue weighted by atomic mass is 14.3. The topological polar surface area (TPSA) is 0 Å². The molecule has 570 valence electrons. The van der Waals surface area contributed by atoms with Gasteiger partial charge in [-0.15, -0.1) is 0 Å². The minimum Gasteiger partial charge on any atom is -0.0622 e. The number of rotatable bonds is 12. The van der Waals surface area contributed by atoms with Crippen molar-refractivity contribution in [3.8, 4) is 134 Å². The summed E-state index contributed by atoms with van der Waals surface area (Å²) in [5.74, 6) is 0. The molecule has 0 nitrogen and oxygen atoms in total. The maximum Gasteiger partial charge on any atom is -0.00141 e. The van der Waals surface area contributed by atoms with Gasteiger partial charge in [-0.2, -0.15) is 0 Å². The van der Waals surface area contributed by atoms with Gasteiger partial charge >= 0.3 is 0 Å². The summed E-state index contributed by atoms with van der Waals surface area (Å²) in [6.45, 7) is 0. The molecule has 23 rings (SSSR count). The second-order valence-corrected chi connectivity index (χ2v) is 31.6. The fraction of sp³-hybridized carbons (Fsp3) is 0. The third-order valence-electron chi connectivity index (χ3n) is 24.3. The molecule has 0 bridgehead atoms. The SMILES string of the molecule is c1ccc(-c2cc3cc4cc(-c5ccccc5)c(-c5ccccc5)cc4cc3cc2-c2ccccc2)cc1.c1ccc(-c2ccc3c(-c4ccc5ccccc5c4)c4cc(-c5ccccc5)ccc4c(-c4ccc5ccccc5c4)c3c2)cc1.c1ccc(-c2cccc3c(-c4ccccc4)c4c(-c5ccccc5)cccc4c(-c4ccccc4)c23)cc1. The van der Waals surface area contributed by atoms with Gasteiger partial charge in [0.05, 0.1) is 0 Å². The number of hydrogen-bond donors (Lipinski definition) is 0. The monoisotopic (exact) mass is 1550 g/mol. The van der Waals surface area contributed by atoms with Crippen molar-refractivity contribution >= 4 is 86.2 Å². The van der Waals surface area contributed by atoms with Gasteiger partial charge in [0.1, 0.15) is 0 Å². The average Bonchev–Trinajstić information content (AvgIpc) is 0.719. The van der Waals surface area contributed by atoms with Crippen molar-refractivity contribution in [3.63, 3.8) is 0 Å². The summed E-state index contributed by atoms with van der Waals surface area (Å²) in [5, 5.41) is 20.2. The van der Waals surface area contributed by atoms with E-state index < -0.39 is 0 Å². The van der Waals surface area contributed by atoms with Crippen molar-refractivity contribution in [1.29, 1.82) is 0 Å². The van der Waals surface area contributed by atoms with Crippen molar-refractivity contribution in [2.45, 2.75) is 0 Å². The Balaban J connectivity index is 0.000000113. The first-order valence-corrected chi connectivity index (χ1v) is 42.2. The molecule has 0 spiro atoms. The van der Waals surface area contributed by atoms with Crippen LogP contribution in [-0.2, 0) is 0 Å². The van der Waals surface area contributed by atoms with Gasteiger partial charge in [0.2, 0.25) is 0 Å². The Hall–Kier alpha value is -15.9. The molecular weight excluding hydrogens is 1470 g/mol. The highest BCUT2D eigenvalue weighted by Crippen LogP contribution is 2.52. The van der Waals surface area contributed by atoms with Crippen LogP contribution in [0.15, 0.2) is 497 Å². The lowest BCUT2D eigenvalue weighted by Crippen LogP contribution is -1.95. The van der Waals surface area contributed by atoms with Crippen LogP contribution in [0.5, 0.6) is 0 Å². The number of fused-ring (bicyclic) bond motifs is 8. The van der Waals surface area contributed by atoms with Crippen LogP contribution in [0.25, 0.3) is 220 Å². The first-order valence-electron chi connectivity index (χ1n) is 42.2. The van der Waals surface area contributed by atoms with Gasteiger partial charge in [0.25, 0.3) is 0 Å². The number of hydrogen-bond acceptors (Lipinski definition) is 0. The first-order chi connectivity index (χ1) is 60.5. The quantitative estimate of drug-likeness (QED) is 0.107. The van der Waals surface area contributed by atoms with Crippen LogP contribution < -0.4 is 0 Å². The largest absolute Gasteiger partial charge is 0.0622 e. The Morgan fingerprint density at radius 2 is 0.336 bits per heavy atom. The zero-order valence-electron chi connectivity index (χ0n) is 67.3. The third kappa shape index (κ3) is 14.3. The fourth-order valence-corrected chi connectivity index (χ4v) is 18.5. The van der Waals surface area contributed by atoms with E-state index in [9.17, 15) is 0 Å². The van der Waals surface area contributed by atoms with Gasteiger partial charge in [-0.25, -0.2) is 0 Å². The zero-order valence-corrected chi connectivity index (χ0v) is 67.3. The second-order valence-electron chi connectivity index (χ2n) is 31.6. The normalized spacial score (nSPS) is 11.3. The van der Waals surface area contributed by atoms with Gasteiger partial charge in [-0.3, -0.25) is 0 Å². The molecule has 23 aromatic carbocycles. The molecule has 0 unspecified atom stereocenters. The molecule has 0 aliphatic carbocycles. The molecule has 0 aliphatic heterocycles. The Kier molecular flexibility index (Phi) is 19.9. The molecule has 0 amide bonds. The predicted molar refractivity (Wildman–Crippen MR) is 525 cm³/mol. The highest BCUT2D eigenvalue weighted by Gasteiger charge is 2.24. The van der Waals surface area contributed by atoms with Gasteiger partial charge in [-0.05, 0) is 280 Å². The highest BCUT2D eigenvalue weighted by molar-refractivity contribution is 6.28. The Labute approximate surface area is 712 Å². The van der Waals surface area contributed by atoms with E-state index in [0.717, 1.165) is 0 Å². The molecule has 0 saturated carbocycles. The van der Waals surface area contributed by atoms with E-state index in [4.69, 9.17) is 0 Å². The first kappa shape index (κ1) is 73.7. The van der Waals surface area contributed by atoms with Gasteiger partial charge in [0, 0.05) is 0 Å². The van der Waals surface area contributed by atoms with Gasteiger partial charge < -0.3 is 0 Å². The van der Waals surface area contributed by atoms with Crippen LogP contribution in [0.2, 0.25) is 0 Å². The van der Waals surface area contributed by atoms with Crippen LogP contribution >= 0.6 is 0 Å². The number of benzene rings is 23. The molecule has 0 heteroatoms. The molecule has 0 aliphatic rings. The van der Waals surface area contributed by atoms with Crippen molar-refractivity contribution in [3.05, 3.63) is 497 Å². The van der Waals surface area contributed by atoms with Crippen molar-refractivity contribution < 1.29 is 0 Å². The summed E-state index contributed by atoms with van der Waals surface area (Å²) >= 11 is 0. The van der Waals surface area contributed by atoms with Crippen LogP contribution in [0, 0.1) is 0 Å². The summed E-state index contributed by atoms with van der Waals surface area (Å²) < 4.78 is 0. The summed E-state index contributed by atoms with van der Waals surface area (Å²) in [4.78, 5) is 0. The van der Waals surface area contributed by atoms with E-state index in [2.05, 4.69) is 497 Å². The van der Waals surface area contributed by atoms with Gasteiger partial charge in [0.15, 0.2) is 0 Å². The fourth-order valence-electron chi connectivity index (χ4n) is 18.5. The minimum atomic E-state index is 1.22. The van der Waals surface area contributed by atoms with Crippen LogP contribution in [0.3, 0.4) is 0 Å². The van der Waals surface area contributed by atoms with E-state index in [1.807, 2.05) is 0 Å². The maximum atomic E-state index is 2.41. The van der Waals surface area contributed by atoms with E-state index >= 15 is 0 Å². The lowest BCUT2D eigenvalue weighted by molar-refractivity contribution is 1.60. The summed E-state index contributed by atoms with van der Waals surface area (Å²) in [7, 11) is 0. The second kappa shape index (κ2) is 32.9. The Morgan fingerprint density at radius 3 is 0.631 bits per heavy atom. The Morgan fingerprint density at radius 1 is 0.0902 bits per heavy atom. The van der Waals surface area contributed by atoms with E-state index in [1.165, 1.54) is 220 Å². The Bertz CT molecular complexity index is 7160. The van der Waals surface area contributed by atoms with E-state index in [0.29, 0.717) is 0 Å². The molecule has 0 saturated heterocycles. The molecule has 0 N–H and O–H groups in total. The van der Waals surface area contributed by atoms with Crippen molar-refractivity contribution in [2.75, 3.05) is 0 Å². The lowest BCUT2D eigenvalue weighted by Gasteiger charge is -2.22. The minimum absolute atomic E-state index is 1.22. The molecule has 122 heavy (non-hydrogen) atoms.